The number of likely N-dealkylation sites (tertiary alicyclic amines) is 1. The molecule has 0 aliphatic carbocycles. The number of hydrogen-bond acceptors (Lipinski definition) is 5. The first kappa shape index (κ1) is 22.1. The third-order valence-electron chi connectivity index (χ3n) is 4.26. The monoisotopic (exact) mass is 412 g/mol. The fraction of sp³-hybridized carbons (Fsp3) is 0.600. The molecule has 0 saturated carbocycles. The zero-order valence-corrected chi connectivity index (χ0v) is 17.9. The van der Waals surface area contributed by atoms with Crippen LogP contribution in [0.5, 0.6) is 11.5 Å². The third-order valence-corrected chi connectivity index (χ3v) is 4.54. The molecule has 1 aromatic carbocycles. The highest BCUT2D eigenvalue weighted by molar-refractivity contribution is 6.32. The largest absolute Gasteiger partial charge is 0.493 e. The van der Waals surface area contributed by atoms with Crippen molar-refractivity contribution in [2.45, 2.75) is 52.2 Å². The zero-order valence-electron chi connectivity index (χ0n) is 17.1. The number of halogens is 1. The van der Waals surface area contributed by atoms with Crippen molar-refractivity contribution in [2.24, 2.45) is 0 Å². The van der Waals surface area contributed by atoms with Gasteiger partial charge in [-0.25, -0.2) is 4.79 Å². The Morgan fingerprint density at radius 2 is 1.89 bits per heavy atom. The number of nitrogens with one attached hydrogen (secondary N) is 1. The topological polar surface area (TPSA) is 77.1 Å². The van der Waals surface area contributed by atoms with Gasteiger partial charge >= 0.3 is 6.09 Å². The summed E-state index contributed by atoms with van der Waals surface area (Å²) in [6, 6.07) is 3.16. The molecule has 28 heavy (non-hydrogen) atoms. The Balaban J connectivity index is 1.96. The smallest absolute Gasteiger partial charge is 0.410 e. The molecule has 1 heterocycles. The number of rotatable bonds is 5. The van der Waals surface area contributed by atoms with Gasteiger partial charge in [-0.3, -0.25) is 4.79 Å². The van der Waals surface area contributed by atoms with Crippen molar-refractivity contribution in [3.63, 3.8) is 0 Å². The number of hydrogen-bond donors (Lipinski definition) is 1. The summed E-state index contributed by atoms with van der Waals surface area (Å²) in [7, 11) is 1.50. The quantitative estimate of drug-likeness (QED) is 0.794. The van der Waals surface area contributed by atoms with E-state index in [-0.39, 0.29) is 18.0 Å². The highest BCUT2D eigenvalue weighted by Gasteiger charge is 2.28. The summed E-state index contributed by atoms with van der Waals surface area (Å²) in [6.07, 6.45) is 1.00. The number of carbonyl (C=O) groups excluding carboxylic acids is 2. The second-order valence-electron chi connectivity index (χ2n) is 7.64. The minimum absolute atomic E-state index is 0.0254. The summed E-state index contributed by atoms with van der Waals surface area (Å²) >= 11 is 6.24. The van der Waals surface area contributed by atoms with Crippen molar-refractivity contribution in [3.8, 4) is 11.5 Å². The maximum absolute atomic E-state index is 12.6. The highest BCUT2D eigenvalue weighted by atomic mass is 35.5. The van der Waals surface area contributed by atoms with Gasteiger partial charge in [0.2, 0.25) is 0 Å². The molecule has 1 fully saturated rings. The number of nitrogens with zero attached hydrogens (tertiary/aromatic N) is 1. The Bertz CT molecular complexity index is 709. The minimum Gasteiger partial charge on any atom is -0.493 e. The van der Waals surface area contributed by atoms with Crippen LogP contribution >= 0.6 is 11.6 Å². The Labute approximate surface area is 171 Å². The SMILES string of the molecule is CCOc1c(Cl)cc(C(=O)NC2CCN(C(=O)OC(C)(C)C)CC2)cc1OC. The number of carbonyl (C=O) groups is 2. The molecular formula is C20H29ClN2O5. The van der Waals surface area contributed by atoms with E-state index in [0.29, 0.717) is 54.6 Å². The summed E-state index contributed by atoms with van der Waals surface area (Å²) in [4.78, 5) is 26.4. The lowest BCUT2D eigenvalue weighted by molar-refractivity contribution is 0.0199. The number of benzene rings is 1. The van der Waals surface area contributed by atoms with E-state index in [1.165, 1.54) is 7.11 Å². The maximum atomic E-state index is 12.6. The Morgan fingerprint density at radius 1 is 1.25 bits per heavy atom. The van der Waals surface area contributed by atoms with Gasteiger partial charge < -0.3 is 24.4 Å². The predicted molar refractivity (Wildman–Crippen MR) is 107 cm³/mol. The second-order valence-corrected chi connectivity index (χ2v) is 8.04. The fourth-order valence-electron chi connectivity index (χ4n) is 2.94. The summed E-state index contributed by atoms with van der Waals surface area (Å²) in [5.41, 5.74) is -0.117. The standard InChI is InChI=1S/C20H29ClN2O5/c1-6-27-17-15(21)11-13(12-16(17)26-5)18(24)22-14-7-9-23(10-8-14)19(25)28-20(2,3)4/h11-12,14H,6-10H2,1-5H3,(H,22,24). The summed E-state index contributed by atoms with van der Waals surface area (Å²) < 4.78 is 16.2. The number of methoxy groups -OCH3 is 1. The van der Waals surface area contributed by atoms with E-state index in [1.807, 2.05) is 27.7 Å². The third kappa shape index (κ3) is 5.92. The fourth-order valence-corrected chi connectivity index (χ4v) is 3.20. The molecule has 8 heteroatoms. The molecule has 1 N–H and O–H groups in total. The first-order chi connectivity index (χ1) is 13.1. The van der Waals surface area contributed by atoms with Gasteiger partial charge in [0.25, 0.3) is 5.91 Å². The Hall–Kier alpha value is -2.15. The predicted octanol–water partition coefficient (Wildman–Crippen LogP) is 3.88. The average molecular weight is 413 g/mol. The van der Waals surface area contributed by atoms with Crippen LogP contribution in [-0.4, -0.2) is 55.3 Å². The van der Waals surface area contributed by atoms with Crippen molar-refractivity contribution in [2.75, 3.05) is 26.8 Å². The van der Waals surface area contributed by atoms with Crippen LogP contribution in [0.2, 0.25) is 5.02 Å². The van der Waals surface area contributed by atoms with Crippen molar-refractivity contribution in [1.82, 2.24) is 10.2 Å². The van der Waals surface area contributed by atoms with Crippen LogP contribution in [0.15, 0.2) is 12.1 Å². The van der Waals surface area contributed by atoms with Crippen LogP contribution in [-0.2, 0) is 4.74 Å². The second kappa shape index (κ2) is 9.37. The molecule has 0 aromatic heterocycles. The minimum atomic E-state index is -0.520. The van der Waals surface area contributed by atoms with Crippen molar-refractivity contribution in [1.29, 1.82) is 0 Å². The molecule has 1 aliphatic heterocycles. The van der Waals surface area contributed by atoms with Crippen LogP contribution in [0.1, 0.15) is 50.9 Å². The Kier molecular flexibility index (Phi) is 7.41. The molecule has 0 bridgehead atoms. The van der Waals surface area contributed by atoms with Crippen molar-refractivity contribution in [3.05, 3.63) is 22.7 Å². The van der Waals surface area contributed by atoms with E-state index in [9.17, 15) is 9.59 Å². The molecule has 156 valence electrons. The van der Waals surface area contributed by atoms with E-state index < -0.39 is 5.60 Å². The summed E-state index contributed by atoms with van der Waals surface area (Å²) in [6.45, 7) is 8.88. The van der Waals surface area contributed by atoms with Gasteiger partial charge in [0.1, 0.15) is 5.60 Å². The van der Waals surface area contributed by atoms with Gasteiger partial charge in [0.05, 0.1) is 18.7 Å². The maximum Gasteiger partial charge on any atom is 0.410 e. The average Bonchev–Trinajstić information content (AvgIpc) is 2.62. The molecule has 2 amide bonds. The van der Waals surface area contributed by atoms with E-state index >= 15 is 0 Å². The normalized spacial score (nSPS) is 15.1. The molecule has 2 rings (SSSR count). The summed E-state index contributed by atoms with van der Waals surface area (Å²) in [5, 5.41) is 3.33. The van der Waals surface area contributed by atoms with Crippen LogP contribution in [0.25, 0.3) is 0 Å². The molecule has 1 aliphatic rings. The van der Waals surface area contributed by atoms with Gasteiger partial charge in [0, 0.05) is 24.7 Å². The van der Waals surface area contributed by atoms with E-state index in [4.69, 9.17) is 25.8 Å². The molecule has 1 saturated heterocycles. The van der Waals surface area contributed by atoms with Crippen LogP contribution in [0, 0.1) is 0 Å². The van der Waals surface area contributed by atoms with Crippen molar-refractivity contribution >= 4 is 23.6 Å². The lowest BCUT2D eigenvalue weighted by atomic mass is 10.0. The first-order valence-corrected chi connectivity index (χ1v) is 9.81. The van der Waals surface area contributed by atoms with E-state index in [1.54, 1.807) is 17.0 Å². The lowest BCUT2D eigenvalue weighted by Crippen LogP contribution is -2.47. The molecule has 0 atom stereocenters. The molecule has 1 aromatic rings. The number of amides is 2. The molecule has 0 spiro atoms. The molecule has 0 unspecified atom stereocenters. The van der Waals surface area contributed by atoms with Crippen LogP contribution < -0.4 is 14.8 Å². The lowest BCUT2D eigenvalue weighted by Gasteiger charge is -2.33. The number of piperidine rings is 1. The van der Waals surface area contributed by atoms with Gasteiger partial charge in [-0.1, -0.05) is 11.6 Å². The van der Waals surface area contributed by atoms with Gasteiger partial charge in [-0.2, -0.15) is 0 Å². The highest BCUT2D eigenvalue weighted by Crippen LogP contribution is 2.36. The molecule has 7 nitrogen and oxygen atoms in total. The van der Waals surface area contributed by atoms with Crippen LogP contribution in [0.4, 0.5) is 4.79 Å². The van der Waals surface area contributed by atoms with E-state index in [0.717, 1.165) is 0 Å². The van der Waals surface area contributed by atoms with Crippen LogP contribution in [0.3, 0.4) is 0 Å². The molecule has 0 radical (unpaired) electrons. The zero-order chi connectivity index (χ0) is 20.9. The summed E-state index contributed by atoms with van der Waals surface area (Å²) in [5.74, 6) is 0.604. The molecular weight excluding hydrogens is 384 g/mol. The van der Waals surface area contributed by atoms with Crippen molar-refractivity contribution < 1.29 is 23.8 Å². The van der Waals surface area contributed by atoms with Gasteiger partial charge in [-0.05, 0) is 52.7 Å². The van der Waals surface area contributed by atoms with Gasteiger partial charge in [0.15, 0.2) is 11.5 Å². The Morgan fingerprint density at radius 3 is 2.43 bits per heavy atom. The van der Waals surface area contributed by atoms with Gasteiger partial charge in [-0.15, -0.1) is 0 Å². The van der Waals surface area contributed by atoms with E-state index in [2.05, 4.69) is 5.32 Å². The number of ether oxygens (including phenoxy) is 3. The first-order valence-electron chi connectivity index (χ1n) is 9.43.